The van der Waals surface area contributed by atoms with Crippen LogP contribution in [-0.2, 0) is 0 Å². The fourth-order valence-corrected chi connectivity index (χ4v) is 1.98. The first kappa shape index (κ1) is 10.4. The van der Waals surface area contributed by atoms with E-state index in [-0.39, 0.29) is 0 Å². The zero-order valence-corrected chi connectivity index (χ0v) is 10.4. The lowest BCUT2D eigenvalue weighted by Gasteiger charge is -2.04. The molecule has 0 amide bonds. The molecule has 0 aliphatic carbocycles. The second-order valence-electron chi connectivity index (χ2n) is 3.63. The van der Waals surface area contributed by atoms with Gasteiger partial charge in [-0.25, -0.2) is 4.98 Å². The third-order valence-corrected chi connectivity index (χ3v) is 2.97. The second-order valence-corrected chi connectivity index (χ2v) is 4.45. The van der Waals surface area contributed by atoms with Crippen molar-refractivity contribution >= 4 is 26.7 Å². The summed E-state index contributed by atoms with van der Waals surface area (Å²) in [4.78, 5) is 12.8. The summed E-state index contributed by atoms with van der Waals surface area (Å²) in [6.07, 6.45) is 7.11. The molecule has 0 spiro atoms. The van der Waals surface area contributed by atoms with Crippen LogP contribution in [0.3, 0.4) is 0 Å². The molecule has 82 valence electrons. The number of fused-ring (bicyclic) bond motifs is 1. The van der Waals surface area contributed by atoms with E-state index in [9.17, 15) is 0 Å². The zero-order valence-electron chi connectivity index (χ0n) is 8.84. The number of halogens is 1. The minimum atomic E-state index is 0.731. The first-order valence-corrected chi connectivity index (χ1v) is 5.94. The van der Waals surface area contributed by atoms with Crippen molar-refractivity contribution in [3.8, 4) is 11.3 Å². The van der Waals surface area contributed by atoms with Crippen LogP contribution >= 0.6 is 15.9 Å². The maximum Gasteiger partial charge on any atom is 0.124 e. The predicted molar refractivity (Wildman–Crippen MR) is 70.5 cm³/mol. The smallest absolute Gasteiger partial charge is 0.124 e. The largest absolute Gasteiger partial charge is 0.263 e. The molecule has 0 aliphatic heterocycles. The molecular formula is C13H8BrN3. The zero-order chi connectivity index (χ0) is 11.7. The van der Waals surface area contributed by atoms with Crippen LogP contribution in [0.15, 0.2) is 53.7 Å². The molecule has 2 heterocycles. The molecule has 3 aromatic rings. The van der Waals surface area contributed by atoms with E-state index < -0.39 is 0 Å². The quantitative estimate of drug-likeness (QED) is 0.687. The van der Waals surface area contributed by atoms with Crippen molar-refractivity contribution in [3.63, 3.8) is 0 Å². The molecule has 0 fully saturated rings. The Morgan fingerprint density at radius 1 is 0.882 bits per heavy atom. The summed E-state index contributed by atoms with van der Waals surface area (Å²) >= 11 is 3.28. The van der Waals surface area contributed by atoms with E-state index in [4.69, 9.17) is 0 Å². The number of aromatic nitrogens is 3. The maximum atomic E-state index is 4.35. The van der Waals surface area contributed by atoms with Crippen molar-refractivity contribution in [3.05, 3.63) is 53.7 Å². The Balaban J connectivity index is 2.27. The average Bonchev–Trinajstić information content (AvgIpc) is 2.39. The highest BCUT2D eigenvalue weighted by molar-refractivity contribution is 9.10. The van der Waals surface area contributed by atoms with Crippen LogP contribution in [0.5, 0.6) is 0 Å². The molecular weight excluding hydrogens is 278 g/mol. The van der Waals surface area contributed by atoms with Crippen LogP contribution in [-0.4, -0.2) is 15.0 Å². The predicted octanol–water partition coefficient (Wildman–Crippen LogP) is 3.45. The van der Waals surface area contributed by atoms with Crippen LogP contribution < -0.4 is 0 Å². The van der Waals surface area contributed by atoms with Gasteiger partial charge in [-0.3, -0.25) is 9.97 Å². The lowest BCUT2D eigenvalue weighted by atomic mass is 10.1. The molecule has 0 bridgehead atoms. The van der Waals surface area contributed by atoms with E-state index in [1.807, 2.05) is 30.6 Å². The van der Waals surface area contributed by atoms with Gasteiger partial charge in [-0.05, 0) is 21.3 Å². The average molecular weight is 286 g/mol. The molecule has 0 unspecified atom stereocenters. The summed E-state index contributed by atoms with van der Waals surface area (Å²) in [6, 6.07) is 8.12. The first-order chi connectivity index (χ1) is 8.34. The molecule has 3 rings (SSSR count). The van der Waals surface area contributed by atoms with E-state index in [2.05, 4.69) is 36.9 Å². The third-order valence-electron chi connectivity index (χ3n) is 2.56. The van der Waals surface area contributed by atoms with E-state index in [0.29, 0.717) is 0 Å². The van der Waals surface area contributed by atoms with Gasteiger partial charge in [0.15, 0.2) is 0 Å². The lowest BCUT2D eigenvalue weighted by Crippen LogP contribution is -1.88. The van der Waals surface area contributed by atoms with Crippen LogP contribution in [0.4, 0.5) is 0 Å². The monoisotopic (exact) mass is 285 g/mol. The number of pyridine rings is 1. The Labute approximate surface area is 107 Å². The molecule has 0 saturated heterocycles. The van der Waals surface area contributed by atoms with Crippen molar-refractivity contribution in [2.75, 3.05) is 0 Å². The van der Waals surface area contributed by atoms with Gasteiger partial charge in [0.1, 0.15) is 4.60 Å². The van der Waals surface area contributed by atoms with Crippen LogP contribution in [0.1, 0.15) is 0 Å². The lowest BCUT2D eigenvalue weighted by molar-refractivity contribution is 1.17. The molecule has 2 aromatic heterocycles. The Bertz CT molecular complexity index is 660. The van der Waals surface area contributed by atoms with E-state index >= 15 is 0 Å². The van der Waals surface area contributed by atoms with Crippen molar-refractivity contribution in [1.29, 1.82) is 0 Å². The number of benzene rings is 1. The standard InChI is InChI=1S/C13H8BrN3/c14-13-8-16-12(7-17-13)11-6-15-5-9-3-1-2-4-10(9)11/h1-8H. The Morgan fingerprint density at radius 3 is 2.59 bits per heavy atom. The summed E-state index contributed by atoms with van der Waals surface area (Å²) in [5.74, 6) is 0. The normalized spacial score (nSPS) is 10.6. The van der Waals surface area contributed by atoms with E-state index in [1.165, 1.54) is 0 Å². The highest BCUT2D eigenvalue weighted by Gasteiger charge is 2.05. The third kappa shape index (κ3) is 1.91. The first-order valence-electron chi connectivity index (χ1n) is 5.15. The molecule has 17 heavy (non-hydrogen) atoms. The van der Waals surface area contributed by atoms with Crippen molar-refractivity contribution < 1.29 is 0 Å². The van der Waals surface area contributed by atoms with Gasteiger partial charge < -0.3 is 0 Å². The SMILES string of the molecule is Brc1cnc(-c2cncc3ccccc23)cn1. The van der Waals surface area contributed by atoms with Gasteiger partial charge in [-0.15, -0.1) is 0 Å². The molecule has 0 aliphatic rings. The van der Waals surface area contributed by atoms with Gasteiger partial charge in [0.05, 0.1) is 18.1 Å². The fraction of sp³-hybridized carbons (Fsp3) is 0. The fourth-order valence-electron chi connectivity index (χ4n) is 1.77. The van der Waals surface area contributed by atoms with Gasteiger partial charge >= 0.3 is 0 Å². The molecule has 1 aromatic carbocycles. The van der Waals surface area contributed by atoms with E-state index in [0.717, 1.165) is 26.6 Å². The Kier molecular flexibility index (Phi) is 2.57. The minimum absolute atomic E-state index is 0.731. The summed E-state index contributed by atoms with van der Waals surface area (Å²) in [6.45, 7) is 0. The second kappa shape index (κ2) is 4.22. The molecule has 4 heteroatoms. The van der Waals surface area contributed by atoms with Crippen LogP contribution in [0.25, 0.3) is 22.0 Å². The summed E-state index contributed by atoms with van der Waals surface area (Å²) in [7, 11) is 0. The van der Waals surface area contributed by atoms with Crippen LogP contribution in [0.2, 0.25) is 0 Å². The Hall–Kier alpha value is -1.81. The van der Waals surface area contributed by atoms with Gasteiger partial charge in [-0.2, -0.15) is 0 Å². The number of hydrogen-bond acceptors (Lipinski definition) is 3. The van der Waals surface area contributed by atoms with E-state index in [1.54, 1.807) is 12.4 Å². The molecule has 0 atom stereocenters. The van der Waals surface area contributed by atoms with Gasteiger partial charge in [0, 0.05) is 23.3 Å². The molecule has 0 N–H and O–H groups in total. The topological polar surface area (TPSA) is 38.7 Å². The molecule has 3 nitrogen and oxygen atoms in total. The number of hydrogen-bond donors (Lipinski definition) is 0. The van der Waals surface area contributed by atoms with Crippen molar-refractivity contribution in [2.45, 2.75) is 0 Å². The van der Waals surface area contributed by atoms with Gasteiger partial charge in [-0.1, -0.05) is 24.3 Å². The summed E-state index contributed by atoms with van der Waals surface area (Å²) in [5, 5.41) is 2.24. The highest BCUT2D eigenvalue weighted by atomic mass is 79.9. The van der Waals surface area contributed by atoms with Gasteiger partial charge in [0.2, 0.25) is 0 Å². The summed E-state index contributed by atoms with van der Waals surface area (Å²) < 4.78 is 0.731. The van der Waals surface area contributed by atoms with Crippen LogP contribution in [0, 0.1) is 0 Å². The maximum absolute atomic E-state index is 4.35. The highest BCUT2D eigenvalue weighted by Crippen LogP contribution is 2.25. The Morgan fingerprint density at radius 2 is 1.76 bits per heavy atom. The van der Waals surface area contributed by atoms with Crippen molar-refractivity contribution in [1.82, 2.24) is 15.0 Å². The molecule has 0 saturated carbocycles. The number of rotatable bonds is 1. The summed E-state index contributed by atoms with van der Waals surface area (Å²) in [5.41, 5.74) is 1.83. The minimum Gasteiger partial charge on any atom is -0.263 e. The van der Waals surface area contributed by atoms with Crippen molar-refractivity contribution in [2.24, 2.45) is 0 Å². The number of nitrogens with zero attached hydrogens (tertiary/aromatic N) is 3. The molecule has 0 radical (unpaired) electrons. The van der Waals surface area contributed by atoms with Gasteiger partial charge in [0.25, 0.3) is 0 Å².